The zero-order valence-corrected chi connectivity index (χ0v) is 18.2. The highest BCUT2D eigenvalue weighted by Gasteiger charge is 2.40. The molecule has 4 rings (SSSR count). The smallest absolute Gasteiger partial charge is 0.410 e. The van der Waals surface area contributed by atoms with Crippen molar-refractivity contribution in [2.45, 2.75) is 46.4 Å². The first-order valence-electron chi connectivity index (χ1n) is 10.3. The molecule has 1 unspecified atom stereocenters. The molecule has 0 saturated carbocycles. The Bertz CT molecular complexity index is 1010. The number of fused-ring (bicyclic) bond motifs is 2. The Morgan fingerprint density at radius 2 is 1.77 bits per heavy atom. The van der Waals surface area contributed by atoms with Gasteiger partial charge in [0.05, 0.1) is 12.1 Å². The molecule has 1 fully saturated rings. The molecule has 2 heterocycles. The Hall–Kier alpha value is -3.02. The number of hydrogen-bond donors (Lipinski definition) is 0. The van der Waals surface area contributed by atoms with Crippen molar-refractivity contribution in [3.63, 3.8) is 0 Å². The zero-order valence-electron chi connectivity index (χ0n) is 18.2. The van der Waals surface area contributed by atoms with Crippen molar-refractivity contribution in [1.29, 1.82) is 0 Å². The minimum Gasteiger partial charge on any atom is -0.468 e. The first kappa shape index (κ1) is 20.3. The number of nitrogens with zero attached hydrogens (tertiary/aromatic N) is 2. The molecule has 6 nitrogen and oxygen atoms in total. The quantitative estimate of drug-likeness (QED) is 0.703. The number of carbonyl (C=O) groups is 2. The van der Waals surface area contributed by atoms with E-state index in [-0.39, 0.29) is 12.0 Å². The summed E-state index contributed by atoms with van der Waals surface area (Å²) in [5.74, 6) is 0.516. The van der Waals surface area contributed by atoms with Crippen LogP contribution in [0.3, 0.4) is 0 Å². The maximum Gasteiger partial charge on any atom is 0.410 e. The molecule has 30 heavy (non-hydrogen) atoms. The first-order chi connectivity index (χ1) is 14.1. The molecule has 2 aliphatic rings. The van der Waals surface area contributed by atoms with E-state index < -0.39 is 11.8 Å². The van der Waals surface area contributed by atoms with Gasteiger partial charge in [-0.3, -0.25) is 9.69 Å². The molecule has 2 aliphatic heterocycles. The number of hydrogen-bond acceptors (Lipinski definition) is 4. The topological polar surface area (TPSA) is 59.1 Å². The summed E-state index contributed by atoms with van der Waals surface area (Å²) in [6, 6.07) is 12.0. The Morgan fingerprint density at radius 3 is 2.47 bits per heavy atom. The predicted octanol–water partition coefficient (Wildman–Crippen LogP) is 4.38. The van der Waals surface area contributed by atoms with Crippen LogP contribution in [0.5, 0.6) is 5.75 Å². The number of carbonyl (C=O) groups excluding carboxylic acids is 2. The Morgan fingerprint density at radius 1 is 1.03 bits per heavy atom. The third-order valence-electron chi connectivity index (χ3n) is 5.50. The fourth-order valence-corrected chi connectivity index (χ4v) is 3.99. The van der Waals surface area contributed by atoms with Crippen LogP contribution < -0.4 is 4.74 Å². The van der Waals surface area contributed by atoms with Gasteiger partial charge in [0, 0.05) is 13.1 Å². The third-order valence-corrected chi connectivity index (χ3v) is 5.50. The van der Waals surface area contributed by atoms with Crippen molar-refractivity contribution in [2.75, 3.05) is 19.6 Å². The molecule has 2 aromatic rings. The summed E-state index contributed by atoms with van der Waals surface area (Å²) >= 11 is 0. The van der Waals surface area contributed by atoms with Gasteiger partial charge in [0.25, 0.3) is 5.91 Å². The third kappa shape index (κ3) is 3.74. The number of aryl methyl sites for hydroxylation is 2. The van der Waals surface area contributed by atoms with Crippen molar-refractivity contribution in [1.82, 2.24) is 9.80 Å². The van der Waals surface area contributed by atoms with E-state index >= 15 is 0 Å². The van der Waals surface area contributed by atoms with Gasteiger partial charge in [-0.25, -0.2) is 4.79 Å². The van der Waals surface area contributed by atoms with Gasteiger partial charge in [-0.1, -0.05) is 24.3 Å². The highest BCUT2D eigenvalue weighted by Crippen LogP contribution is 2.36. The standard InChI is InChI=1S/C24H28N2O4/c1-15-8-6-7-9-17(15)18-13-19-20(12-16(18)2)29-21-14-25(10-11-26(21)22(19)27)23(28)30-24(3,4)5/h6-9,12-13,21H,10-11,14H2,1-5H3. The summed E-state index contributed by atoms with van der Waals surface area (Å²) in [6.07, 6.45) is -0.884. The second-order valence-corrected chi connectivity index (χ2v) is 8.98. The second-order valence-electron chi connectivity index (χ2n) is 8.98. The van der Waals surface area contributed by atoms with Gasteiger partial charge in [0.15, 0.2) is 6.23 Å². The molecule has 6 heteroatoms. The van der Waals surface area contributed by atoms with E-state index in [9.17, 15) is 9.59 Å². The minimum absolute atomic E-state index is 0.0556. The maximum atomic E-state index is 13.2. The van der Waals surface area contributed by atoms with Crippen molar-refractivity contribution >= 4 is 12.0 Å². The fourth-order valence-electron chi connectivity index (χ4n) is 3.99. The first-order valence-corrected chi connectivity index (χ1v) is 10.3. The minimum atomic E-state index is -0.562. The molecule has 2 amide bonds. The van der Waals surface area contributed by atoms with Crippen molar-refractivity contribution in [3.05, 3.63) is 53.1 Å². The van der Waals surface area contributed by atoms with Crippen LogP contribution in [0, 0.1) is 13.8 Å². The average Bonchev–Trinajstić information content (AvgIpc) is 2.67. The van der Waals surface area contributed by atoms with E-state index in [0.29, 0.717) is 30.9 Å². The predicted molar refractivity (Wildman–Crippen MR) is 115 cm³/mol. The summed E-state index contributed by atoms with van der Waals surface area (Å²) in [6.45, 7) is 10.7. The van der Waals surface area contributed by atoms with E-state index in [1.165, 1.54) is 0 Å². The molecule has 2 aromatic carbocycles. The van der Waals surface area contributed by atoms with Crippen molar-refractivity contribution < 1.29 is 19.1 Å². The highest BCUT2D eigenvalue weighted by molar-refractivity contribution is 6.00. The van der Waals surface area contributed by atoms with Crippen LogP contribution in [-0.2, 0) is 4.74 Å². The van der Waals surface area contributed by atoms with Crippen LogP contribution in [0.4, 0.5) is 4.79 Å². The van der Waals surface area contributed by atoms with E-state index in [1.807, 2.05) is 52.0 Å². The van der Waals surface area contributed by atoms with Crippen LogP contribution in [0.15, 0.2) is 36.4 Å². The van der Waals surface area contributed by atoms with Crippen molar-refractivity contribution in [3.8, 4) is 16.9 Å². The van der Waals surface area contributed by atoms with Crippen LogP contribution in [0.25, 0.3) is 11.1 Å². The molecular weight excluding hydrogens is 380 g/mol. The Kier molecular flexibility index (Phi) is 4.96. The van der Waals surface area contributed by atoms with Gasteiger partial charge in [-0.2, -0.15) is 0 Å². The number of rotatable bonds is 1. The Labute approximate surface area is 177 Å². The SMILES string of the molecule is Cc1ccccc1-c1cc2c(cc1C)OC1CN(C(=O)OC(C)(C)C)CCN1C2=O. The van der Waals surface area contributed by atoms with Gasteiger partial charge in [-0.05, 0) is 69.0 Å². The van der Waals surface area contributed by atoms with E-state index in [2.05, 4.69) is 19.1 Å². The molecule has 1 saturated heterocycles. The lowest BCUT2D eigenvalue weighted by Crippen LogP contribution is -2.60. The fraction of sp³-hybridized carbons (Fsp3) is 0.417. The zero-order chi connectivity index (χ0) is 21.6. The number of benzene rings is 2. The lowest BCUT2D eigenvalue weighted by atomic mass is 9.93. The van der Waals surface area contributed by atoms with Crippen LogP contribution in [-0.4, -0.2) is 53.3 Å². The molecular formula is C24H28N2O4. The Balaban J connectivity index is 1.61. The molecule has 0 bridgehead atoms. The summed E-state index contributed by atoms with van der Waals surface area (Å²) in [5, 5.41) is 0. The molecule has 158 valence electrons. The largest absolute Gasteiger partial charge is 0.468 e. The van der Waals surface area contributed by atoms with Gasteiger partial charge >= 0.3 is 6.09 Å². The normalized spacial score (nSPS) is 18.4. The second kappa shape index (κ2) is 7.35. The van der Waals surface area contributed by atoms with Crippen LogP contribution in [0.1, 0.15) is 42.3 Å². The molecule has 0 radical (unpaired) electrons. The van der Waals surface area contributed by atoms with E-state index in [4.69, 9.17) is 9.47 Å². The molecule has 0 spiro atoms. The van der Waals surface area contributed by atoms with Gasteiger partial charge < -0.3 is 14.4 Å². The summed E-state index contributed by atoms with van der Waals surface area (Å²) in [5.41, 5.74) is 4.36. The molecule has 1 atom stereocenters. The van der Waals surface area contributed by atoms with E-state index in [1.54, 1.807) is 9.80 Å². The number of amides is 2. The number of ether oxygens (including phenoxy) is 2. The van der Waals surface area contributed by atoms with Gasteiger partial charge in [0.2, 0.25) is 0 Å². The average molecular weight is 408 g/mol. The maximum absolute atomic E-state index is 13.2. The van der Waals surface area contributed by atoms with Crippen LogP contribution >= 0.6 is 0 Å². The van der Waals surface area contributed by atoms with Gasteiger partial charge in [0.1, 0.15) is 11.4 Å². The molecule has 0 aliphatic carbocycles. The summed E-state index contributed by atoms with van der Waals surface area (Å²) < 4.78 is 11.7. The summed E-state index contributed by atoms with van der Waals surface area (Å²) in [4.78, 5) is 29.0. The summed E-state index contributed by atoms with van der Waals surface area (Å²) in [7, 11) is 0. The van der Waals surface area contributed by atoms with Crippen molar-refractivity contribution in [2.24, 2.45) is 0 Å². The monoisotopic (exact) mass is 408 g/mol. The van der Waals surface area contributed by atoms with E-state index in [0.717, 1.165) is 22.3 Å². The van der Waals surface area contributed by atoms with Gasteiger partial charge in [-0.15, -0.1) is 0 Å². The number of piperazine rings is 1. The lowest BCUT2D eigenvalue weighted by Gasteiger charge is -2.44. The lowest BCUT2D eigenvalue weighted by molar-refractivity contribution is -0.0444. The van der Waals surface area contributed by atoms with Crippen LogP contribution in [0.2, 0.25) is 0 Å². The molecule has 0 aromatic heterocycles. The highest BCUT2D eigenvalue weighted by atomic mass is 16.6. The molecule has 0 N–H and O–H groups in total.